The number of Topliss-reactive ketones (excluding diaryl/α,β-unsaturated/α-hetero) is 1. The third-order valence-electron chi connectivity index (χ3n) is 2.51. The van der Waals surface area contributed by atoms with E-state index in [1.165, 1.54) is 12.3 Å². The Morgan fingerprint density at radius 3 is 2.67 bits per heavy atom. The number of anilines is 1. The van der Waals surface area contributed by atoms with Gasteiger partial charge in [-0.15, -0.1) is 0 Å². The van der Waals surface area contributed by atoms with E-state index in [2.05, 4.69) is 25.8 Å². The summed E-state index contributed by atoms with van der Waals surface area (Å²) in [5.41, 5.74) is 12.1. The van der Waals surface area contributed by atoms with Crippen LogP contribution in [-0.4, -0.2) is 16.8 Å². The van der Waals surface area contributed by atoms with Gasteiger partial charge in [0.15, 0.2) is 5.78 Å². The molecular weight excluding hydrogens is 250 g/mol. The quantitative estimate of drug-likeness (QED) is 0.824. The Labute approximate surface area is 113 Å². The summed E-state index contributed by atoms with van der Waals surface area (Å²) < 4.78 is 0. The highest BCUT2D eigenvalue weighted by molar-refractivity contribution is 6.31. The van der Waals surface area contributed by atoms with Crippen LogP contribution in [0.25, 0.3) is 0 Å². The highest BCUT2D eigenvalue weighted by Gasteiger charge is 2.20. The molecule has 0 aliphatic heterocycles. The van der Waals surface area contributed by atoms with Gasteiger partial charge in [-0.3, -0.25) is 4.79 Å². The number of carbonyl (C=O) groups excluding carboxylic acids is 1. The summed E-state index contributed by atoms with van der Waals surface area (Å²) in [5, 5.41) is 0.400. The molecule has 1 unspecified atom stereocenters. The van der Waals surface area contributed by atoms with Gasteiger partial charge in [0.05, 0.1) is 10.6 Å². The number of nitrogens with two attached hydrogens (primary N) is 2. The fourth-order valence-electron chi connectivity index (χ4n) is 1.88. The van der Waals surface area contributed by atoms with E-state index in [-0.39, 0.29) is 29.5 Å². The van der Waals surface area contributed by atoms with Crippen molar-refractivity contribution in [1.82, 2.24) is 4.98 Å². The fourth-order valence-corrected chi connectivity index (χ4v) is 2.04. The number of rotatable bonds is 4. The minimum absolute atomic E-state index is 0.0951. The zero-order chi connectivity index (χ0) is 13.9. The molecule has 1 atom stereocenters. The average Bonchev–Trinajstić information content (AvgIpc) is 2.18. The standard InChI is InChI=1S/C13H20ClN3O/c1-13(2,3)6-9(15)5-11(18)10-4-8(14)7-17-12(10)16/h4,7,9H,5-6,15H2,1-3H3,(H2,16,17). The van der Waals surface area contributed by atoms with E-state index in [1.807, 2.05) is 0 Å². The maximum Gasteiger partial charge on any atom is 0.168 e. The maximum absolute atomic E-state index is 12.1. The van der Waals surface area contributed by atoms with Gasteiger partial charge >= 0.3 is 0 Å². The predicted molar refractivity (Wildman–Crippen MR) is 74.7 cm³/mol. The van der Waals surface area contributed by atoms with Gasteiger partial charge in [-0.2, -0.15) is 0 Å². The zero-order valence-corrected chi connectivity index (χ0v) is 11.8. The molecule has 0 fully saturated rings. The first-order chi connectivity index (χ1) is 8.19. The monoisotopic (exact) mass is 269 g/mol. The first kappa shape index (κ1) is 14.9. The van der Waals surface area contributed by atoms with Gasteiger partial charge in [0.25, 0.3) is 0 Å². The Kier molecular flexibility index (Phi) is 4.71. The first-order valence-electron chi connectivity index (χ1n) is 5.89. The molecule has 4 N–H and O–H groups in total. The molecular formula is C13H20ClN3O. The molecule has 1 rings (SSSR count). The Morgan fingerprint density at radius 2 is 2.11 bits per heavy atom. The van der Waals surface area contributed by atoms with Gasteiger partial charge in [0, 0.05) is 18.7 Å². The highest BCUT2D eigenvalue weighted by atomic mass is 35.5. The van der Waals surface area contributed by atoms with Gasteiger partial charge in [0.2, 0.25) is 0 Å². The number of nitrogen functional groups attached to an aromatic ring is 1. The SMILES string of the molecule is CC(C)(C)CC(N)CC(=O)c1cc(Cl)cnc1N. The molecule has 0 spiro atoms. The van der Waals surface area contributed by atoms with Crippen LogP contribution in [0.4, 0.5) is 5.82 Å². The molecule has 0 radical (unpaired) electrons. The van der Waals surface area contributed by atoms with Crippen molar-refractivity contribution in [2.24, 2.45) is 11.1 Å². The lowest BCUT2D eigenvalue weighted by Gasteiger charge is -2.22. The van der Waals surface area contributed by atoms with Crippen molar-refractivity contribution < 1.29 is 4.79 Å². The molecule has 1 aromatic rings. The zero-order valence-electron chi connectivity index (χ0n) is 11.0. The van der Waals surface area contributed by atoms with Gasteiger partial charge in [-0.25, -0.2) is 4.98 Å². The number of aromatic nitrogens is 1. The summed E-state index contributed by atoms with van der Waals surface area (Å²) in [6.07, 6.45) is 2.44. The van der Waals surface area contributed by atoms with Crippen LogP contribution in [0.15, 0.2) is 12.3 Å². The smallest absolute Gasteiger partial charge is 0.168 e. The predicted octanol–water partition coefficient (Wildman–Crippen LogP) is 2.65. The Bertz CT molecular complexity index is 440. The van der Waals surface area contributed by atoms with Crippen molar-refractivity contribution in [2.45, 2.75) is 39.7 Å². The molecule has 5 heteroatoms. The molecule has 0 aliphatic carbocycles. The van der Waals surface area contributed by atoms with Crippen LogP contribution in [0.3, 0.4) is 0 Å². The van der Waals surface area contributed by atoms with Crippen LogP contribution >= 0.6 is 11.6 Å². The molecule has 1 heterocycles. The van der Waals surface area contributed by atoms with E-state index in [1.54, 1.807) is 0 Å². The Hall–Kier alpha value is -1.13. The van der Waals surface area contributed by atoms with Crippen LogP contribution < -0.4 is 11.5 Å². The van der Waals surface area contributed by atoms with Crippen molar-refractivity contribution in [2.75, 3.05) is 5.73 Å². The number of halogens is 1. The molecule has 0 saturated heterocycles. The largest absolute Gasteiger partial charge is 0.383 e. The molecule has 0 saturated carbocycles. The Balaban J connectivity index is 2.74. The minimum Gasteiger partial charge on any atom is -0.383 e. The molecule has 0 aromatic carbocycles. The maximum atomic E-state index is 12.1. The van der Waals surface area contributed by atoms with Crippen LogP contribution in [0.2, 0.25) is 5.02 Å². The van der Waals surface area contributed by atoms with Crippen LogP contribution in [0.1, 0.15) is 44.0 Å². The van der Waals surface area contributed by atoms with E-state index in [9.17, 15) is 4.79 Å². The van der Waals surface area contributed by atoms with Crippen molar-refractivity contribution >= 4 is 23.2 Å². The second-order valence-corrected chi connectivity index (χ2v) is 6.17. The van der Waals surface area contributed by atoms with E-state index in [0.717, 1.165) is 6.42 Å². The summed E-state index contributed by atoms with van der Waals surface area (Å²) >= 11 is 5.80. The molecule has 1 aromatic heterocycles. The molecule has 0 bridgehead atoms. The van der Waals surface area contributed by atoms with Crippen molar-refractivity contribution in [3.63, 3.8) is 0 Å². The Morgan fingerprint density at radius 1 is 1.50 bits per heavy atom. The second-order valence-electron chi connectivity index (χ2n) is 5.74. The average molecular weight is 270 g/mol. The van der Waals surface area contributed by atoms with Crippen LogP contribution in [0, 0.1) is 5.41 Å². The molecule has 100 valence electrons. The molecule has 4 nitrogen and oxygen atoms in total. The van der Waals surface area contributed by atoms with E-state index in [0.29, 0.717) is 10.6 Å². The lowest BCUT2D eigenvalue weighted by molar-refractivity contribution is 0.0969. The van der Waals surface area contributed by atoms with Crippen LogP contribution in [0.5, 0.6) is 0 Å². The second kappa shape index (κ2) is 5.67. The lowest BCUT2D eigenvalue weighted by Crippen LogP contribution is -2.29. The molecule has 0 aliphatic rings. The van der Waals surface area contributed by atoms with Crippen molar-refractivity contribution in [3.05, 3.63) is 22.8 Å². The van der Waals surface area contributed by atoms with Gasteiger partial charge in [-0.1, -0.05) is 32.4 Å². The summed E-state index contributed by atoms with van der Waals surface area (Å²) in [4.78, 5) is 15.9. The third-order valence-corrected chi connectivity index (χ3v) is 2.71. The summed E-state index contributed by atoms with van der Waals surface area (Å²) in [7, 11) is 0. The number of hydrogen-bond acceptors (Lipinski definition) is 4. The summed E-state index contributed by atoms with van der Waals surface area (Å²) in [6, 6.07) is 1.35. The number of pyridine rings is 1. The minimum atomic E-state index is -0.184. The van der Waals surface area contributed by atoms with E-state index in [4.69, 9.17) is 23.1 Å². The van der Waals surface area contributed by atoms with Crippen molar-refractivity contribution in [3.8, 4) is 0 Å². The summed E-state index contributed by atoms with van der Waals surface area (Å²) in [5.74, 6) is 0.0895. The first-order valence-corrected chi connectivity index (χ1v) is 6.26. The van der Waals surface area contributed by atoms with E-state index >= 15 is 0 Å². The van der Waals surface area contributed by atoms with Gasteiger partial charge in [0.1, 0.15) is 5.82 Å². The van der Waals surface area contributed by atoms with Crippen LogP contribution in [-0.2, 0) is 0 Å². The molecule has 18 heavy (non-hydrogen) atoms. The topological polar surface area (TPSA) is 82.0 Å². The van der Waals surface area contributed by atoms with Crippen molar-refractivity contribution in [1.29, 1.82) is 0 Å². The molecule has 0 amide bonds. The lowest BCUT2D eigenvalue weighted by atomic mass is 9.86. The van der Waals surface area contributed by atoms with Gasteiger partial charge < -0.3 is 11.5 Å². The highest BCUT2D eigenvalue weighted by Crippen LogP contribution is 2.23. The number of carbonyl (C=O) groups is 1. The number of ketones is 1. The van der Waals surface area contributed by atoms with Gasteiger partial charge in [-0.05, 0) is 17.9 Å². The summed E-state index contributed by atoms with van der Waals surface area (Å²) in [6.45, 7) is 6.27. The fraction of sp³-hybridized carbons (Fsp3) is 0.538. The number of hydrogen-bond donors (Lipinski definition) is 2. The normalized spacial score (nSPS) is 13.4. The number of nitrogens with zero attached hydrogens (tertiary/aromatic N) is 1. The third kappa shape index (κ3) is 4.63. The van der Waals surface area contributed by atoms with E-state index < -0.39 is 0 Å².